The van der Waals surface area contributed by atoms with Gasteiger partial charge < -0.3 is 9.73 Å². The van der Waals surface area contributed by atoms with Gasteiger partial charge in [0.2, 0.25) is 0 Å². The van der Waals surface area contributed by atoms with Crippen LogP contribution in [0.4, 0.5) is 0 Å². The van der Waals surface area contributed by atoms with Crippen molar-refractivity contribution in [3.8, 4) is 0 Å². The van der Waals surface area contributed by atoms with E-state index in [1.54, 1.807) is 0 Å². The summed E-state index contributed by atoms with van der Waals surface area (Å²) in [6, 6.07) is 2.15. The Labute approximate surface area is 78.3 Å². The molecule has 1 aromatic rings. The van der Waals surface area contributed by atoms with Crippen molar-refractivity contribution in [2.45, 2.75) is 31.7 Å². The lowest BCUT2D eigenvalue weighted by Crippen LogP contribution is -2.54. The summed E-state index contributed by atoms with van der Waals surface area (Å²) in [5.74, 6) is 2.08. The standard InChI is InChI=1S/C11H15NO/c1-8-6-11(7-8)9-3-5-13-10(9)2-4-12-11/h3,5,8,12H,2,4,6-7H2,1H3. The predicted molar refractivity (Wildman–Crippen MR) is 50.5 cm³/mol. The van der Waals surface area contributed by atoms with Crippen molar-refractivity contribution in [1.29, 1.82) is 0 Å². The van der Waals surface area contributed by atoms with Gasteiger partial charge in [-0.05, 0) is 24.8 Å². The third kappa shape index (κ3) is 0.923. The maximum Gasteiger partial charge on any atom is 0.110 e. The van der Waals surface area contributed by atoms with E-state index in [4.69, 9.17) is 4.42 Å². The van der Waals surface area contributed by atoms with Crippen LogP contribution in [0.1, 0.15) is 31.1 Å². The highest BCUT2D eigenvalue weighted by atomic mass is 16.3. The SMILES string of the molecule is CC1CC2(C1)NCCc1occc12. The molecular formula is C11H15NO. The van der Waals surface area contributed by atoms with Crippen LogP contribution in [-0.2, 0) is 12.0 Å². The van der Waals surface area contributed by atoms with Crippen LogP contribution >= 0.6 is 0 Å². The maximum absolute atomic E-state index is 5.48. The fourth-order valence-electron chi connectivity index (χ4n) is 2.97. The molecule has 1 aromatic heterocycles. The summed E-state index contributed by atoms with van der Waals surface area (Å²) in [5.41, 5.74) is 1.72. The number of fused-ring (bicyclic) bond motifs is 2. The molecule has 0 amide bonds. The highest BCUT2D eigenvalue weighted by Crippen LogP contribution is 2.48. The molecule has 1 fully saturated rings. The molecule has 3 rings (SSSR count). The van der Waals surface area contributed by atoms with Crippen LogP contribution in [0.3, 0.4) is 0 Å². The summed E-state index contributed by atoms with van der Waals surface area (Å²) in [4.78, 5) is 0. The van der Waals surface area contributed by atoms with Crippen LogP contribution in [0, 0.1) is 5.92 Å². The minimum Gasteiger partial charge on any atom is -0.469 e. The summed E-state index contributed by atoms with van der Waals surface area (Å²) >= 11 is 0. The average Bonchev–Trinajstić information content (AvgIpc) is 2.50. The number of furan rings is 1. The van der Waals surface area contributed by atoms with E-state index in [-0.39, 0.29) is 0 Å². The molecule has 2 nitrogen and oxygen atoms in total. The highest BCUT2D eigenvalue weighted by Gasteiger charge is 2.46. The second kappa shape index (κ2) is 2.38. The van der Waals surface area contributed by atoms with E-state index >= 15 is 0 Å². The molecule has 1 N–H and O–H groups in total. The lowest BCUT2D eigenvalue weighted by atomic mass is 9.64. The molecule has 1 aliphatic carbocycles. The quantitative estimate of drug-likeness (QED) is 0.656. The first kappa shape index (κ1) is 7.63. The Hall–Kier alpha value is -0.760. The van der Waals surface area contributed by atoms with E-state index in [2.05, 4.69) is 18.3 Å². The number of nitrogens with one attached hydrogen (secondary N) is 1. The largest absolute Gasteiger partial charge is 0.469 e. The topological polar surface area (TPSA) is 25.2 Å². The van der Waals surface area contributed by atoms with E-state index in [1.807, 2.05) is 6.26 Å². The first-order valence-corrected chi connectivity index (χ1v) is 5.12. The zero-order valence-electron chi connectivity index (χ0n) is 7.97. The van der Waals surface area contributed by atoms with Gasteiger partial charge in [-0.25, -0.2) is 0 Å². The molecule has 2 heteroatoms. The van der Waals surface area contributed by atoms with E-state index in [1.165, 1.54) is 24.2 Å². The molecule has 0 atom stereocenters. The Kier molecular flexibility index (Phi) is 1.40. The minimum absolute atomic E-state index is 0.292. The van der Waals surface area contributed by atoms with Crippen LogP contribution in [0.25, 0.3) is 0 Å². The third-order valence-electron chi connectivity index (χ3n) is 3.47. The van der Waals surface area contributed by atoms with Crippen molar-refractivity contribution in [2.75, 3.05) is 6.54 Å². The first-order chi connectivity index (χ1) is 6.30. The molecule has 0 bridgehead atoms. The third-order valence-corrected chi connectivity index (χ3v) is 3.47. The molecule has 2 heterocycles. The van der Waals surface area contributed by atoms with Gasteiger partial charge in [-0.2, -0.15) is 0 Å². The fourth-order valence-corrected chi connectivity index (χ4v) is 2.97. The summed E-state index contributed by atoms with van der Waals surface area (Å²) in [5, 5.41) is 3.64. The molecule has 1 spiro atoms. The van der Waals surface area contributed by atoms with Crippen LogP contribution in [0.15, 0.2) is 16.7 Å². The molecule has 0 aromatic carbocycles. The normalized spacial score (nSPS) is 37.2. The van der Waals surface area contributed by atoms with Gasteiger partial charge in [-0.1, -0.05) is 6.92 Å². The Morgan fingerprint density at radius 2 is 2.38 bits per heavy atom. The van der Waals surface area contributed by atoms with E-state index < -0.39 is 0 Å². The van der Waals surface area contributed by atoms with Crippen molar-refractivity contribution < 1.29 is 4.42 Å². The zero-order chi connectivity index (χ0) is 8.89. The molecule has 0 saturated heterocycles. The summed E-state index contributed by atoms with van der Waals surface area (Å²) in [6.45, 7) is 3.40. The first-order valence-electron chi connectivity index (χ1n) is 5.12. The molecule has 1 saturated carbocycles. The predicted octanol–water partition coefficient (Wildman–Crippen LogP) is 2.05. The molecule has 0 radical (unpaired) electrons. The lowest BCUT2D eigenvalue weighted by molar-refractivity contribution is 0.104. The summed E-state index contributed by atoms with van der Waals surface area (Å²) < 4.78 is 5.48. The monoisotopic (exact) mass is 177 g/mol. The Morgan fingerprint density at radius 1 is 1.54 bits per heavy atom. The van der Waals surface area contributed by atoms with E-state index in [9.17, 15) is 0 Å². The molecule has 2 aliphatic rings. The number of hydrogen-bond acceptors (Lipinski definition) is 2. The van der Waals surface area contributed by atoms with Gasteiger partial charge in [0.15, 0.2) is 0 Å². The Balaban J connectivity index is 2.01. The molecule has 0 unspecified atom stereocenters. The smallest absolute Gasteiger partial charge is 0.110 e. The van der Waals surface area contributed by atoms with Gasteiger partial charge in [-0.3, -0.25) is 0 Å². The van der Waals surface area contributed by atoms with Crippen molar-refractivity contribution in [3.63, 3.8) is 0 Å². The average molecular weight is 177 g/mol. The van der Waals surface area contributed by atoms with Gasteiger partial charge in [-0.15, -0.1) is 0 Å². The summed E-state index contributed by atoms with van der Waals surface area (Å²) in [7, 11) is 0. The van der Waals surface area contributed by atoms with Gasteiger partial charge in [0.25, 0.3) is 0 Å². The van der Waals surface area contributed by atoms with Crippen molar-refractivity contribution in [3.05, 3.63) is 23.7 Å². The maximum atomic E-state index is 5.48. The Morgan fingerprint density at radius 3 is 3.15 bits per heavy atom. The van der Waals surface area contributed by atoms with E-state index in [0.29, 0.717) is 5.54 Å². The van der Waals surface area contributed by atoms with Gasteiger partial charge in [0, 0.05) is 24.1 Å². The molecule has 1 aliphatic heterocycles. The van der Waals surface area contributed by atoms with Crippen LogP contribution in [-0.4, -0.2) is 6.54 Å². The second-order valence-electron chi connectivity index (χ2n) is 4.53. The lowest BCUT2D eigenvalue weighted by Gasteiger charge is -2.49. The van der Waals surface area contributed by atoms with Gasteiger partial charge in [0.1, 0.15) is 5.76 Å². The number of hydrogen-bond donors (Lipinski definition) is 1. The van der Waals surface area contributed by atoms with Gasteiger partial charge in [0.05, 0.1) is 6.26 Å². The van der Waals surface area contributed by atoms with E-state index in [0.717, 1.165) is 18.9 Å². The Bertz CT molecular complexity index is 323. The van der Waals surface area contributed by atoms with Crippen LogP contribution < -0.4 is 5.32 Å². The highest BCUT2D eigenvalue weighted by molar-refractivity contribution is 5.32. The molecule has 70 valence electrons. The minimum atomic E-state index is 0.292. The summed E-state index contributed by atoms with van der Waals surface area (Å²) in [6.07, 6.45) is 5.44. The fraction of sp³-hybridized carbons (Fsp3) is 0.636. The number of rotatable bonds is 0. The van der Waals surface area contributed by atoms with Crippen LogP contribution in [0.2, 0.25) is 0 Å². The van der Waals surface area contributed by atoms with Crippen molar-refractivity contribution in [1.82, 2.24) is 5.32 Å². The molecule has 13 heavy (non-hydrogen) atoms. The van der Waals surface area contributed by atoms with Gasteiger partial charge >= 0.3 is 0 Å². The zero-order valence-corrected chi connectivity index (χ0v) is 7.97. The second-order valence-corrected chi connectivity index (χ2v) is 4.53. The van der Waals surface area contributed by atoms with Crippen LogP contribution in [0.5, 0.6) is 0 Å². The molecular weight excluding hydrogens is 162 g/mol. The van der Waals surface area contributed by atoms with Crippen molar-refractivity contribution in [2.24, 2.45) is 5.92 Å². The van der Waals surface area contributed by atoms with Crippen molar-refractivity contribution >= 4 is 0 Å².